The molecule has 1 atom stereocenters. The van der Waals surface area contributed by atoms with Gasteiger partial charge in [-0.1, -0.05) is 231 Å². The molecule has 1 heterocycles. The lowest BCUT2D eigenvalue weighted by Gasteiger charge is -2.68. The largest absolute Gasteiger partial charge is 0.381 e. The first-order chi connectivity index (χ1) is 27.0. The normalized spacial score (nSPS) is 24.4. The Kier molecular flexibility index (Phi) is 37.3. The lowest BCUT2D eigenvalue weighted by atomic mass is 9.37. The molecule has 0 amide bonds. The number of hydrogen-bond acceptors (Lipinski definition) is 1. The molecule has 7 fully saturated rings. The maximum Gasteiger partial charge on any atom is 0.0500 e. The summed E-state index contributed by atoms with van der Waals surface area (Å²) in [6.45, 7) is 57.4. The Morgan fingerprint density at radius 2 is 0.569 bits per heavy atom. The third kappa shape index (κ3) is 27.1. The van der Waals surface area contributed by atoms with Crippen molar-refractivity contribution in [3.05, 3.63) is 0 Å². The fourth-order valence-corrected chi connectivity index (χ4v) is 9.52. The van der Waals surface area contributed by atoms with Crippen molar-refractivity contribution < 1.29 is 4.74 Å². The van der Waals surface area contributed by atoms with Gasteiger partial charge in [0.2, 0.25) is 0 Å². The van der Waals surface area contributed by atoms with E-state index in [0.717, 1.165) is 48.2 Å². The smallest absolute Gasteiger partial charge is 0.0500 e. The minimum atomic E-state index is 0.455. The molecule has 2 bridgehead atoms. The maximum absolute atomic E-state index is 5.28. The second kappa shape index (κ2) is 33.5. The van der Waals surface area contributed by atoms with Gasteiger partial charge in [0.05, 0.1) is 0 Å². The molecule has 0 radical (unpaired) electrons. The van der Waals surface area contributed by atoms with Gasteiger partial charge in [0.25, 0.3) is 0 Å². The molecule has 58 heavy (non-hydrogen) atoms. The van der Waals surface area contributed by atoms with Gasteiger partial charge < -0.3 is 4.74 Å². The van der Waals surface area contributed by atoms with Gasteiger partial charge >= 0.3 is 0 Å². The summed E-state index contributed by atoms with van der Waals surface area (Å²) >= 11 is 0. The van der Waals surface area contributed by atoms with Crippen LogP contribution in [0.1, 0.15) is 295 Å². The van der Waals surface area contributed by atoms with Crippen LogP contribution in [0, 0.1) is 62.1 Å². The van der Waals surface area contributed by atoms with Crippen molar-refractivity contribution in [3.8, 4) is 0 Å². The van der Waals surface area contributed by atoms with Gasteiger partial charge in [0.1, 0.15) is 0 Å². The van der Waals surface area contributed by atoms with Gasteiger partial charge in [-0.15, -0.1) is 0 Å². The van der Waals surface area contributed by atoms with Gasteiger partial charge in [0.15, 0.2) is 0 Å². The van der Waals surface area contributed by atoms with E-state index < -0.39 is 0 Å². The van der Waals surface area contributed by atoms with Crippen molar-refractivity contribution in [1.29, 1.82) is 0 Å². The Labute approximate surface area is 373 Å². The second-order valence-electron chi connectivity index (χ2n) is 23.0. The van der Waals surface area contributed by atoms with Crippen molar-refractivity contribution >= 4 is 0 Å². The monoisotopic (exact) mass is 823 g/mol. The molecule has 1 nitrogen and oxygen atoms in total. The zero-order valence-corrected chi connectivity index (χ0v) is 46.1. The highest BCUT2D eigenvalue weighted by atomic mass is 16.5. The Bertz CT molecular complexity index is 792. The van der Waals surface area contributed by atoms with Crippen LogP contribution in [-0.2, 0) is 4.74 Å². The SMILES string of the molecule is CC.CC.CC.CC.CC.CC(C)(C)C12CC(C1)C2.CC(C)(C)C1CCCC1.CC(C)(C)C1CCCCC1.CC(C)(C)C1CCCCCC1.CC(C)(C)C1CCOC1. The van der Waals surface area contributed by atoms with E-state index in [9.17, 15) is 0 Å². The average molecular weight is 824 g/mol. The average Bonchev–Trinajstić information content (AvgIpc) is 3.83. The molecular formula is C57H122O. The Morgan fingerprint density at radius 3 is 0.707 bits per heavy atom. The first kappa shape index (κ1) is 64.6. The molecule has 0 spiro atoms. The summed E-state index contributed by atoms with van der Waals surface area (Å²) < 4.78 is 5.28. The third-order valence-electron chi connectivity index (χ3n) is 14.3. The molecule has 6 aliphatic carbocycles. The van der Waals surface area contributed by atoms with Crippen LogP contribution in [0.5, 0.6) is 0 Å². The summed E-state index contributed by atoms with van der Waals surface area (Å²) in [6, 6.07) is 0. The standard InChI is InChI=1S/C11H22.C10H20.C9H16.C9H18.C8H16O.5C2H6/c1-11(2,3)10-8-6-4-5-7-9-10;1-10(2,3)9-7-5-4-6-8-9;1-8(2,3)9-4-7(5-9)6-9;1-9(2,3)8-6-4-5-7-8;1-8(2,3)7-4-5-9-6-7;5*1-2/h10H,4-9H2,1-3H3;9H,4-8H2,1-3H3;7H,4-6H2,1-3H3;8H,4-7H2,1-3H3;7H,4-6H2,1-3H3;5*1-2H3. The predicted molar refractivity (Wildman–Crippen MR) is 272 cm³/mol. The molecule has 0 aromatic carbocycles. The quantitative estimate of drug-likeness (QED) is 0.221. The topological polar surface area (TPSA) is 9.23 Å². The van der Waals surface area contributed by atoms with E-state index in [4.69, 9.17) is 4.74 Å². The van der Waals surface area contributed by atoms with Crippen LogP contribution in [-0.4, -0.2) is 13.2 Å². The predicted octanol–water partition coefficient (Wildman–Crippen LogP) is 20.9. The molecule has 1 saturated heterocycles. The fraction of sp³-hybridized carbons (Fsp3) is 1.00. The summed E-state index contributed by atoms with van der Waals surface area (Å²) in [6.07, 6.45) is 28.0. The zero-order valence-electron chi connectivity index (χ0n) is 46.1. The number of hydrogen-bond donors (Lipinski definition) is 0. The Morgan fingerprint density at radius 1 is 0.328 bits per heavy atom. The third-order valence-corrected chi connectivity index (χ3v) is 14.3. The van der Waals surface area contributed by atoms with Crippen molar-refractivity contribution in [1.82, 2.24) is 0 Å². The fourth-order valence-electron chi connectivity index (χ4n) is 9.52. The van der Waals surface area contributed by atoms with Gasteiger partial charge in [-0.25, -0.2) is 0 Å². The molecule has 0 aromatic heterocycles. The van der Waals surface area contributed by atoms with E-state index in [1.54, 1.807) is 0 Å². The van der Waals surface area contributed by atoms with Crippen molar-refractivity contribution in [2.75, 3.05) is 13.2 Å². The molecule has 6 saturated carbocycles. The first-order valence-electron chi connectivity index (χ1n) is 26.5. The van der Waals surface area contributed by atoms with Crippen LogP contribution in [0.15, 0.2) is 0 Å². The van der Waals surface area contributed by atoms with E-state index >= 15 is 0 Å². The summed E-state index contributed by atoms with van der Waals surface area (Å²) in [5.74, 6) is 4.94. The van der Waals surface area contributed by atoms with Crippen LogP contribution >= 0.6 is 0 Å². The van der Waals surface area contributed by atoms with E-state index in [1.807, 2.05) is 69.2 Å². The Hall–Kier alpha value is -0.0400. The van der Waals surface area contributed by atoms with Crippen LogP contribution in [0.4, 0.5) is 0 Å². The van der Waals surface area contributed by atoms with Crippen molar-refractivity contribution in [2.45, 2.75) is 295 Å². The molecule has 1 aliphatic heterocycles. The Balaban J connectivity index is -0.000000298. The molecule has 7 aliphatic rings. The summed E-state index contributed by atoms with van der Waals surface area (Å²) in [5.41, 5.74) is 3.57. The highest BCUT2D eigenvalue weighted by molar-refractivity contribution is 5.11. The second-order valence-corrected chi connectivity index (χ2v) is 23.0. The van der Waals surface area contributed by atoms with Crippen LogP contribution in [0.25, 0.3) is 0 Å². The number of ether oxygens (including phenoxy) is 1. The van der Waals surface area contributed by atoms with Crippen molar-refractivity contribution in [3.63, 3.8) is 0 Å². The summed E-state index contributed by atoms with van der Waals surface area (Å²) in [4.78, 5) is 0. The minimum absolute atomic E-state index is 0.455. The molecule has 1 unspecified atom stereocenters. The maximum atomic E-state index is 5.28. The summed E-state index contributed by atoms with van der Waals surface area (Å²) in [7, 11) is 0. The van der Waals surface area contributed by atoms with E-state index in [1.165, 1.54) is 122 Å². The molecule has 0 N–H and O–H groups in total. The van der Waals surface area contributed by atoms with Crippen LogP contribution in [0.2, 0.25) is 0 Å². The van der Waals surface area contributed by atoms with E-state index in [2.05, 4.69) is 104 Å². The highest BCUT2D eigenvalue weighted by Gasteiger charge is 2.61. The first-order valence-corrected chi connectivity index (χ1v) is 26.5. The van der Waals surface area contributed by atoms with Gasteiger partial charge in [-0.05, 0) is 126 Å². The van der Waals surface area contributed by atoms with Crippen molar-refractivity contribution in [2.24, 2.45) is 62.1 Å². The summed E-state index contributed by atoms with van der Waals surface area (Å²) in [5, 5.41) is 0. The van der Waals surface area contributed by atoms with Gasteiger partial charge in [-0.3, -0.25) is 0 Å². The molecule has 356 valence electrons. The van der Waals surface area contributed by atoms with Gasteiger partial charge in [0, 0.05) is 13.2 Å². The molecule has 7 rings (SSSR count). The van der Waals surface area contributed by atoms with Gasteiger partial charge in [-0.2, -0.15) is 0 Å². The lowest BCUT2D eigenvalue weighted by Crippen LogP contribution is -2.58. The number of rotatable bonds is 0. The zero-order chi connectivity index (χ0) is 46.4. The molecular weight excluding hydrogens is 701 g/mol. The highest BCUT2D eigenvalue weighted by Crippen LogP contribution is 2.71. The minimum Gasteiger partial charge on any atom is -0.381 e. The van der Waals surface area contributed by atoms with Crippen LogP contribution < -0.4 is 0 Å². The molecule has 0 aromatic rings. The lowest BCUT2D eigenvalue weighted by molar-refractivity contribution is -0.181. The molecule has 1 heteroatoms. The van der Waals surface area contributed by atoms with E-state index in [-0.39, 0.29) is 0 Å². The van der Waals surface area contributed by atoms with Crippen LogP contribution in [0.3, 0.4) is 0 Å². The van der Waals surface area contributed by atoms with E-state index in [0.29, 0.717) is 27.1 Å².